The van der Waals surface area contributed by atoms with Gasteiger partial charge >= 0.3 is 0 Å². The predicted octanol–water partition coefficient (Wildman–Crippen LogP) is 1.95. The van der Waals surface area contributed by atoms with Gasteiger partial charge in [0.05, 0.1) is 12.5 Å². The predicted molar refractivity (Wildman–Crippen MR) is 85.0 cm³/mol. The lowest BCUT2D eigenvalue weighted by atomic mass is 9.96. The fourth-order valence-electron chi connectivity index (χ4n) is 2.57. The highest BCUT2D eigenvalue weighted by Crippen LogP contribution is 2.19. The highest BCUT2D eigenvalue weighted by molar-refractivity contribution is 6.30. The minimum atomic E-state index is -0.151. The average molecular weight is 325 g/mol. The van der Waals surface area contributed by atoms with Crippen molar-refractivity contribution in [2.24, 2.45) is 5.92 Å². The summed E-state index contributed by atoms with van der Waals surface area (Å²) < 4.78 is 4.92. The quantitative estimate of drug-likeness (QED) is 0.842. The molecule has 0 radical (unpaired) electrons. The molecule has 2 rings (SSSR count). The van der Waals surface area contributed by atoms with Crippen molar-refractivity contribution < 1.29 is 14.3 Å². The second kappa shape index (κ2) is 8.15. The summed E-state index contributed by atoms with van der Waals surface area (Å²) in [5.74, 6) is -0.210. The number of rotatable bonds is 5. The molecular formula is C16H21ClN2O3. The topological polar surface area (TPSA) is 58.6 Å². The molecule has 2 amide bonds. The number of likely N-dealkylation sites (tertiary alicyclic amines) is 1. The van der Waals surface area contributed by atoms with E-state index in [0.717, 1.165) is 12.8 Å². The molecule has 22 heavy (non-hydrogen) atoms. The summed E-state index contributed by atoms with van der Waals surface area (Å²) in [7, 11) is 1.60. The largest absolute Gasteiger partial charge is 0.383 e. The molecule has 1 atom stereocenters. The molecular weight excluding hydrogens is 304 g/mol. The SMILES string of the molecule is COCCNC(=O)[C@H]1CCCN(C(=O)c2ccc(Cl)cc2)C1. The Morgan fingerprint density at radius 1 is 1.36 bits per heavy atom. The number of nitrogens with zero attached hydrogens (tertiary/aromatic N) is 1. The average Bonchev–Trinajstić information content (AvgIpc) is 2.55. The van der Waals surface area contributed by atoms with Gasteiger partial charge in [0, 0.05) is 37.3 Å². The first-order valence-corrected chi connectivity index (χ1v) is 7.81. The molecule has 0 saturated carbocycles. The second-order valence-electron chi connectivity index (χ2n) is 5.38. The number of amides is 2. The van der Waals surface area contributed by atoms with E-state index >= 15 is 0 Å². The first-order chi connectivity index (χ1) is 10.6. The summed E-state index contributed by atoms with van der Waals surface area (Å²) in [6.45, 7) is 2.13. The Morgan fingerprint density at radius 2 is 2.09 bits per heavy atom. The smallest absolute Gasteiger partial charge is 0.253 e. The van der Waals surface area contributed by atoms with Crippen LogP contribution in [0.25, 0.3) is 0 Å². The molecule has 1 aromatic rings. The Balaban J connectivity index is 1.93. The van der Waals surface area contributed by atoms with Crippen LogP contribution in [0, 0.1) is 5.92 Å². The molecule has 1 aliphatic rings. The van der Waals surface area contributed by atoms with Gasteiger partial charge < -0.3 is 15.0 Å². The molecule has 1 aromatic carbocycles. The van der Waals surface area contributed by atoms with Crippen molar-refractivity contribution in [2.45, 2.75) is 12.8 Å². The zero-order valence-corrected chi connectivity index (χ0v) is 13.4. The molecule has 0 aromatic heterocycles. The minimum Gasteiger partial charge on any atom is -0.383 e. The monoisotopic (exact) mass is 324 g/mol. The molecule has 0 aliphatic carbocycles. The van der Waals surface area contributed by atoms with Gasteiger partial charge in [-0.2, -0.15) is 0 Å². The molecule has 0 spiro atoms. The molecule has 1 saturated heterocycles. The van der Waals surface area contributed by atoms with E-state index < -0.39 is 0 Å². The maximum atomic E-state index is 12.5. The van der Waals surface area contributed by atoms with Crippen molar-refractivity contribution in [1.82, 2.24) is 10.2 Å². The van der Waals surface area contributed by atoms with Gasteiger partial charge in [0.1, 0.15) is 0 Å². The number of benzene rings is 1. The number of ether oxygens (including phenoxy) is 1. The maximum absolute atomic E-state index is 12.5. The summed E-state index contributed by atoms with van der Waals surface area (Å²) in [5.41, 5.74) is 0.602. The number of hydrogen-bond acceptors (Lipinski definition) is 3. The molecule has 5 nitrogen and oxygen atoms in total. The van der Waals surface area contributed by atoms with Gasteiger partial charge in [-0.3, -0.25) is 9.59 Å². The van der Waals surface area contributed by atoms with Crippen LogP contribution in [0.2, 0.25) is 5.02 Å². The van der Waals surface area contributed by atoms with Gasteiger partial charge in [0.15, 0.2) is 0 Å². The van der Waals surface area contributed by atoms with E-state index in [9.17, 15) is 9.59 Å². The maximum Gasteiger partial charge on any atom is 0.253 e. The molecule has 1 N–H and O–H groups in total. The number of nitrogens with one attached hydrogen (secondary N) is 1. The van der Waals surface area contributed by atoms with Gasteiger partial charge in [-0.15, -0.1) is 0 Å². The summed E-state index contributed by atoms with van der Waals surface area (Å²) >= 11 is 5.84. The first-order valence-electron chi connectivity index (χ1n) is 7.43. The lowest BCUT2D eigenvalue weighted by Crippen LogP contribution is -2.45. The first kappa shape index (κ1) is 16.8. The Hall–Kier alpha value is -1.59. The van der Waals surface area contributed by atoms with E-state index in [1.165, 1.54) is 0 Å². The van der Waals surface area contributed by atoms with Crippen LogP contribution in [0.1, 0.15) is 23.2 Å². The fourth-order valence-corrected chi connectivity index (χ4v) is 2.70. The Labute approximate surface area is 135 Å². The van der Waals surface area contributed by atoms with Crippen LogP contribution >= 0.6 is 11.6 Å². The second-order valence-corrected chi connectivity index (χ2v) is 5.82. The zero-order chi connectivity index (χ0) is 15.9. The molecule has 1 aliphatic heterocycles. The Morgan fingerprint density at radius 3 is 2.77 bits per heavy atom. The molecule has 1 fully saturated rings. The summed E-state index contributed by atoms with van der Waals surface area (Å²) in [6.07, 6.45) is 1.64. The third-order valence-electron chi connectivity index (χ3n) is 3.78. The van der Waals surface area contributed by atoms with E-state index in [1.54, 1.807) is 36.3 Å². The third-order valence-corrected chi connectivity index (χ3v) is 4.03. The normalized spacial score (nSPS) is 18.1. The van der Waals surface area contributed by atoms with Crippen LogP contribution in [-0.2, 0) is 9.53 Å². The fraction of sp³-hybridized carbons (Fsp3) is 0.500. The highest BCUT2D eigenvalue weighted by atomic mass is 35.5. The van der Waals surface area contributed by atoms with E-state index in [0.29, 0.717) is 36.8 Å². The van der Waals surface area contributed by atoms with Crippen molar-refractivity contribution in [3.63, 3.8) is 0 Å². The van der Waals surface area contributed by atoms with Crippen molar-refractivity contribution >= 4 is 23.4 Å². The lowest BCUT2D eigenvalue weighted by molar-refractivity contribution is -0.126. The van der Waals surface area contributed by atoms with E-state index in [4.69, 9.17) is 16.3 Å². The molecule has 0 unspecified atom stereocenters. The van der Waals surface area contributed by atoms with Crippen LogP contribution in [0.5, 0.6) is 0 Å². The van der Waals surface area contributed by atoms with Crippen molar-refractivity contribution in [2.75, 3.05) is 33.4 Å². The van der Waals surface area contributed by atoms with Gasteiger partial charge in [-0.05, 0) is 37.1 Å². The van der Waals surface area contributed by atoms with Crippen LogP contribution in [-0.4, -0.2) is 50.1 Å². The van der Waals surface area contributed by atoms with Gasteiger partial charge in [-0.1, -0.05) is 11.6 Å². The molecule has 0 bridgehead atoms. The minimum absolute atomic E-state index is 0.00865. The van der Waals surface area contributed by atoms with E-state index in [-0.39, 0.29) is 17.7 Å². The highest BCUT2D eigenvalue weighted by Gasteiger charge is 2.28. The summed E-state index contributed by atoms with van der Waals surface area (Å²) in [5, 5.41) is 3.44. The van der Waals surface area contributed by atoms with Crippen LogP contribution < -0.4 is 5.32 Å². The number of halogens is 1. The van der Waals surface area contributed by atoms with Crippen LogP contribution in [0.4, 0.5) is 0 Å². The number of carbonyl (C=O) groups excluding carboxylic acids is 2. The number of hydrogen-bond donors (Lipinski definition) is 1. The van der Waals surface area contributed by atoms with Crippen molar-refractivity contribution in [3.8, 4) is 0 Å². The number of methoxy groups -OCH3 is 1. The molecule has 120 valence electrons. The van der Waals surface area contributed by atoms with Gasteiger partial charge in [0.2, 0.25) is 5.91 Å². The summed E-state index contributed by atoms with van der Waals surface area (Å²) in [4.78, 5) is 26.3. The van der Waals surface area contributed by atoms with Crippen molar-refractivity contribution in [3.05, 3.63) is 34.9 Å². The van der Waals surface area contributed by atoms with Crippen LogP contribution in [0.15, 0.2) is 24.3 Å². The summed E-state index contributed by atoms with van der Waals surface area (Å²) in [6, 6.07) is 6.83. The molecule has 6 heteroatoms. The van der Waals surface area contributed by atoms with Gasteiger partial charge in [0.25, 0.3) is 5.91 Å². The van der Waals surface area contributed by atoms with E-state index in [2.05, 4.69) is 5.32 Å². The number of carbonyl (C=O) groups is 2. The van der Waals surface area contributed by atoms with E-state index in [1.807, 2.05) is 0 Å². The third kappa shape index (κ3) is 4.45. The van der Waals surface area contributed by atoms with Crippen molar-refractivity contribution in [1.29, 1.82) is 0 Å². The Kier molecular flexibility index (Phi) is 6.21. The lowest BCUT2D eigenvalue weighted by Gasteiger charge is -2.32. The van der Waals surface area contributed by atoms with Crippen LogP contribution in [0.3, 0.4) is 0 Å². The standard InChI is InChI=1S/C16H21ClN2O3/c1-22-10-8-18-15(20)13-3-2-9-19(11-13)16(21)12-4-6-14(17)7-5-12/h4-7,13H,2-3,8-11H2,1H3,(H,18,20)/t13-/m0/s1. The molecule has 1 heterocycles. The van der Waals surface area contributed by atoms with Gasteiger partial charge in [-0.25, -0.2) is 0 Å². The Bertz CT molecular complexity index is 519. The zero-order valence-electron chi connectivity index (χ0n) is 12.7. The number of piperidine rings is 1.